The molecule has 1 N–H and O–H groups in total. The SMILES string of the molecule is COCCCN(CCC(=O)NC1CCCC1)C(C)=O. The lowest BCUT2D eigenvalue weighted by atomic mass is 10.2. The van der Waals surface area contributed by atoms with E-state index in [0.717, 1.165) is 19.3 Å². The molecule has 19 heavy (non-hydrogen) atoms. The molecule has 0 aromatic carbocycles. The van der Waals surface area contributed by atoms with E-state index in [-0.39, 0.29) is 11.8 Å². The highest BCUT2D eigenvalue weighted by Gasteiger charge is 2.17. The van der Waals surface area contributed by atoms with Crippen LogP contribution < -0.4 is 5.32 Å². The normalized spacial score (nSPS) is 15.5. The molecule has 5 nitrogen and oxygen atoms in total. The van der Waals surface area contributed by atoms with Crippen molar-refractivity contribution in [2.45, 2.75) is 51.5 Å². The van der Waals surface area contributed by atoms with Crippen LogP contribution in [0.25, 0.3) is 0 Å². The predicted octanol–water partition coefficient (Wildman–Crippen LogP) is 1.32. The number of carbonyl (C=O) groups excluding carboxylic acids is 2. The summed E-state index contributed by atoms with van der Waals surface area (Å²) in [4.78, 5) is 24.9. The number of ether oxygens (including phenoxy) is 1. The monoisotopic (exact) mass is 270 g/mol. The molecule has 1 aliphatic rings. The Balaban J connectivity index is 2.21. The van der Waals surface area contributed by atoms with Crippen molar-refractivity contribution in [1.29, 1.82) is 0 Å². The molecule has 0 aliphatic heterocycles. The molecule has 0 bridgehead atoms. The van der Waals surface area contributed by atoms with E-state index in [4.69, 9.17) is 4.74 Å². The zero-order chi connectivity index (χ0) is 14.1. The number of rotatable bonds is 8. The Morgan fingerprint density at radius 3 is 2.53 bits per heavy atom. The fraction of sp³-hybridized carbons (Fsp3) is 0.857. The Hall–Kier alpha value is -1.10. The Labute approximate surface area is 115 Å². The van der Waals surface area contributed by atoms with Gasteiger partial charge >= 0.3 is 0 Å². The maximum Gasteiger partial charge on any atom is 0.221 e. The Morgan fingerprint density at radius 2 is 1.95 bits per heavy atom. The Bertz CT molecular complexity index is 288. The van der Waals surface area contributed by atoms with Gasteiger partial charge in [0.1, 0.15) is 0 Å². The standard InChI is InChI=1S/C14H26N2O3/c1-12(17)16(9-5-11-19-2)10-8-14(18)15-13-6-3-4-7-13/h13H,3-11H2,1-2H3,(H,15,18). The van der Waals surface area contributed by atoms with E-state index in [1.807, 2.05) is 0 Å². The molecule has 0 aromatic rings. The van der Waals surface area contributed by atoms with Crippen molar-refractivity contribution in [1.82, 2.24) is 10.2 Å². The molecule has 1 aliphatic carbocycles. The maximum atomic E-state index is 11.8. The van der Waals surface area contributed by atoms with Gasteiger partial charge in [-0.15, -0.1) is 0 Å². The summed E-state index contributed by atoms with van der Waals surface area (Å²) in [5.41, 5.74) is 0. The highest BCUT2D eigenvalue weighted by atomic mass is 16.5. The average Bonchev–Trinajstić information content (AvgIpc) is 2.85. The van der Waals surface area contributed by atoms with Crippen molar-refractivity contribution >= 4 is 11.8 Å². The van der Waals surface area contributed by atoms with Gasteiger partial charge in [-0.1, -0.05) is 12.8 Å². The van der Waals surface area contributed by atoms with E-state index in [1.165, 1.54) is 12.8 Å². The van der Waals surface area contributed by atoms with Gasteiger partial charge in [0.15, 0.2) is 0 Å². The summed E-state index contributed by atoms with van der Waals surface area (Å²) in [6.07, 6.45) is 5.80. The van der Waals surface area contributed by atoms with Gasteiger partial charge in [0, 0.05) is 46.2 Å². The third kappa shape index (κ3) is 6.57. The first-order valence-electron chi connectivity index (χ1n) is 7.17. The van der Waals surface area contributed by atoms with Crippen LogP contribution >= 0.6 is 0 Å². The summed E-state index contributed by atoms with van der Waals surface area (Å²) < 4.78 is 4.97. The summed E-state index contributed by atoms with van der Waals surface area (Å²) >= 11 is 0. The van der Waals surface area contributed by atoms with Crippen LogP contribution in [0.5, 0.6) is 0 Å². The van der Waals surface area contributed by atoms with Crippen LogP contribution in [0.15, 0.2) is 0 Å². The minimum absolute atomic E-state index is 0.0183. The Morgan fingerprint density at radius 1 is 1.26 bits per heavy atom. The van der Waals surface area contributed by atoms with Crippen molar-refractivity contribution in [3.05, 3.63) is 0 Å². The number of amides is 2. The number of carbonyl (C=O) groups is 2. The summed E-state index contributed by atoms with van der Waals surface area (Å²) in [5, 5.41) is 3.04. The van der Waals surface area contributed by atoms with E-state index in [9.17, 15) is 9.59 Å². The maximum absolute atomic E-state index is 11.8. The minimum Gasteiger partial charge on any atom is -0.385 e. The molecule has 1 saturated carbocycles. The molecule has 0 spiro atoms. The fourth-order valence-corrected chi connectivity index (χ4v) is 2.43. The van der Waals surface area contributed by atoms with Gasteiger partial charge in [0.25, 0.3) is 0 Å². The number of nitrogens with one attached hydrogen (secondary N) is 1. The number of nitrogens with zero attached hydrogens (tertiary/aromatic N) is 1. The van der Waals surface area contributed by atoms with E-state index in [2.05, 4.69) is 5.32 Å². The Kier molecular flexibility index (Phi) is 7.48. The van der Waals surface area contributed by atoms with Crippen LogP contribution in [-0.4, -0.2) is 49.6 Å². The highest BCUT2D eigenvalue weighted by molar-refractivity contribution is 5.78. The zero-order valence-electron chi connectivity index (χ0n) is 12.1. The molecular formula is C14H26N2O3. The largest absolute Gasteiger partial charge is 0.385 e. The lowest BCUT2D eigenvalue weighted by Crippen LogP contribution is -2.37. The second-order valence-corrected chi connectivity index (χ2v) is 5.15. The van der Waals surface area contributed by atoms with Gasteiger partial charge in [0.05, 0.1) is 0 Å². The quantitative estimate of drug-likeness (QED) is 0.677. The summed E-state index contributed by atoms with van der Waals surface area (Å²) in [6.45, 7) is 3.33. The fourth-order valence-electron chi connectivity index (χ4n) is 2.43. The van der Waals surface area contributed by atoms with Crippen LogP contribution in [0.3, 0.4) is 0 Å². The van der Waals surface area contributed by atoms with E-state index in [0.29, 0.717) is 32.2 Å². The number of hydrogen-bond acceptors (Lipinski definition) is 3. The smallest absolute Gasteiger partial charge is 0.221 e. The zero-order valence-corrected chi connectivity index (χ0v) is 12.1. The van der Waals surface area contributed by atoms with Crippen LogP contribution in [-0.2, 0) is 14.3 Å². The highest BCUT2D eigenvalue weighted by Crippen LogP contribution is 2.17. The number of hydrogen-bond donors (Lipinski definition) is 1. The van der Waals surface area contributed by atoms with Crippen LogP contribution in [0, 0.1) is 0 Å². The van der Waals surface area contributed by atoms with Crippen molar-refractivity contribution in [2.24, 2.45) is 0 Å². The molecule has 1 fully saturated rings. The molecule has 0 radical (unpaired) electrons. The molecular weight excluding hydrogens is 244 g/mol. The molecule has 0 heterocycles. The van der Waals surface area contributed by atoms with Crippen molar-refractivity contribution in [2.75, 3.05) is 26.8 Å². The lowest BCUT2D eigenvalue weighted by molar-refractivity contribution is -0.130. The van der Waals surface area contributed by atoms with E-state index >= 15 is 0 Å². The molecule has 5 heteroatoms. The van der Waals surface area contributed by atoms with Crippen molar-refractivity contribution < 1.29 is 14.3 Å². The van der Waals surface area contributed by atoms with Crippen LogP contribution in [0.4, 0.5) is 0 Å². The van der Waals surface area contributed by atoms with Gasteiger partial charge in [-0.3, -0.25) is 9.59 Å². The van der Waals surface area contributed by atoms with Crippen molar-refractivity contribution in [3.8, 4) is 0 Å². The molecule has 110 valence electrons. The van der Waals surface area contributed by atoms with Gasteiger partial charge < -0.3 is 15.0 Å². The average molecular weight is 270 g/mol. The van der Waals surface area contributed by atoms with Crippen LogP contribution in [0.1, 0.15) is 45.4 Å². The first-order valence-corrected chi connectivity index (χ1v) is 7.17. The lowest BCUT2D eigenvalue weighted by Gasteiger charge is -2.21. The molecule has 0 atom stereocenters. The summed E-state index contributed by atoms with van der Waals surface area (Å²) in [5.74, 6) is 0.0784. The first-order chi connectivity index (χ1) is 9.13. The van der Waals surface area contributed by atoms with Gasteiger partial charge in [-0.2, -0.15) is 0 Å². The molecule has 0 saturated heterocycles. The van der Waals surface area contributed by atoms with Crippen LogP contribution in [0.2, 0.25) is 0 Å². The van der Waals surface area contributed by atoms with Gasteiger partial charge in [-0.05, 0) is 19.3 Å². The molecule has 0 unspecified atom stereocenters. The van der Waals surface area contributed by atoms with E-state index < -0.39 is 0 Å². The summed E-state index contributed by atoms with van der Waals surface area (Å²) in [6, 6.07) is 0.353. The van der Waals surface area contributed by atoms with Gasteiger partial charge in [0.2, 0.25) is 11.8 Å². The second-order valence-electron chi connectivity index (χ2n) is 5.15. The predicted molar refractivity (Wildman–Crippen MR) is 73.8 cm³/mol. The second kappa shape index (κ2) is 8.91. The minimum atomic E-state index is 0.0183. The van der Waals surface area contributed by atoms with Gasteiger partial charge in [-0.25, -0.2) is 0 Å². The molecule has 1 rings (SSSR count). The van der Waals surface area contributed by atoms with Crippen molar-refractivity contribution in [3.63, 3.8) is 0 Å². The third-order valence-corrected chi connectivity index (χ3v) is 3.55. The van der Waals surface area contributed by atoms with E-state index in [1.54, 1.807) is 18.9 Å². The molecule has 2 amide bonds. The first kappa shape index (κ1) is 16.0. The molecule has 0 aromatic heterocycles. The summed E-state index contributed by atoms with van der Waals surface area (Å²) in [7, 11) is 1.65. The number of methoxy groups -OCH3 is 1. The topological polar surface area (TPSA) is 58.6 Å². The third-order valence-electron chi connectivity index (χ3n) is 3.55.